The normalized spacial score (nSPS) is 13.1. The third kappa shape index (κ3) is 3.26. The molecule has 0 fully saturated rings. The largest absolute Gasteiger partial charge is 0.426 e. The van der Waals surface area contributed by atoms with Gasteiger partial charge in [-0.1, -0.05) is 18.7 Å². The van der Waals surface area contributed by atoms with Crippen molar-refractivity contribution in [3.8, 4) is 0 Å². The summed E-state index contributed by atoms with van der Waals surface area (Å²) in [6, 6.07) is 6.65. The number of amides is 3. The van der Waals surface area contributed by atoms with Crippen molar-refractivity contribution in [1.29, 1.82) is 0 Å². The number of hydrogen-bond donors (Lipinski definition) is 2. The van der Waals surface area contributed by atoms with Crippen LogP contribution in [0.15, 0.2) is 36.6 Å². The Bertz CT molecular complexity index is 577. The number of hydrogen-bond acceptors (Lipinski definition) is 5. The number of fused-ring (bicyclic) bond motifs is 1. The minimum atomic E-state index is -0.704. The minimum absolute atomic E-state index is 0.139. The van der Waals surface area contributed by atoms with Gasteiger partial charge in [-0.2, -0.15) is 0 Å². The second-order valence-electron chi connectivity index (χ2n) is 4.45. The average molecular weight is 289 g/mol. The number of rotatable bonds is 5. The van der Waals surface area contributed by atoms with Crippen LogP contribution in [-0.2, 0) is 4.74 Å². The van der Waals surface area contributed by atoms with Crippen molar-refractivity contribution in [1.82, 2.24) is 15.8 Å². The lowest BCUT2D eigenvalue weighted by Crippen LogP contribution is -2.43. The van der Waals surface area contributed by atoms with Crippen molar-refractivity contribution < 1.29 is 19.1 Å². The Balaban J connectivity index is 1.83. The van der Waals surface area contributed by atoms with Crippen molar-refractivity contribution >= 4 is 17.9 Å². The Morgan fingerprint density at radius 3 is 2.33 bits per heavy atom. The fraction of sp³-hybridized carbons (Fsp3) is 0.214. The van der Waals surface area contributed by atoms with Crippen molar-refractivity contribution in [2.24, 2.45) is 0 Å². The third-order valence-corrected chi connectivity index (χ3v) is 2.80. The van der Waals surface area contributed by atoms with Gasteiger partial charge in [0.2, 0.25) is 0 Å². The minimum Gasteiger partial charge on any atom is -0.415 e. The summed E-state index contributed by atoms with van der Waals surface area (Å²) in [6.45, 7) is 5.30. The van der Waals surface area contributed by atoms with Gasteiger partial charge in [0.15, 0.2) is 0 Å². The molecule has 2 rings (SSSR count). The lowest BCUT2D eigenvalue weighted by molar-refractivity contribution is 0.0654. The van der Waals surface area contributed by atoms with Crippen LogP contribution in [0.4, 0.5) is 4.79 Å². The molecule has 0 saturated carbocycles. The second-order valence-corrected chi connectivity index (χ2v) is 4.45. The van der Waals surface area contributed by atoms with Gasteiger partial charge in [-0.05, 0) is 19.1 Å². The van der Waals surface area contributed by atoms with Crippen LogP contribution in [0.3, 0.4) is 0 Å². The number of carbonyl (C=O) groups excluding carboxylic acids is 3. The number of hydrazine groups is 1. The highest BCUT2D eigenvalue weighted by Gasteiger charge is 2.34. The summed E-state index contributed by atoms with van der Waals surface area (Å²) in [7, 11) is 0. The molecule has 1 aliphatic rings. The average Bonchev–Trinajstić information content (AvgIpc) is 2.68. The summed E-state index contributed by atoms with van der Waals surface area (Å²) < 4.78 is 4.66. The molecule has 7 nitrogen and oxygen atoms in total. The van der Waals surface area contributed by atoms with Crippen LogP contribution in [0.5, 0.6) is 0 Å². The first-order chi connectivity index (χ1) is 10.0. The van der Waals surface area contributed by atoms with Crippen LogP contribution in [0.25, 0.3) is 0 Å². The van der Waals surface area contributed by atoms with E-state index < -0.39 is 6.09 Å². The molecule has 1 aliphatic heterocycles. The number of nitrogens with zero attached hydrogens (tertiary/aromatic N) is 1. The summed E-state index contributed by atoms with van der Waals surface area (Å²) in [4.78, 5) is 36.3. The zero-order chi connectivity index (χ0) is 15.4. The van der Waals surface area contributed by atoms with Gasteiger partial charge < -0.3 is 4.74 Å². The van der Waals surface area contributed by atoms with E-state index in [1.165, 1.54) is 0 Å². The standard InChI is InChI=1S/C14H15N3O4/c1-9(2)21-14(20)16-15-7-8-17-12(18)10-5-3-4-6-11(10)13(17)19/h3-6,15H,1,7-8H2,2H3,(H,16,20). The van der Waals surface area contributed by atoms with E-state index >= 15 is 0 Å². The highest BCUT2D eigenvalue weighted by Crippen LogP contribution is 2.21. The van der Waals surface area contributed by atoms with Gasteiger partial charge in [-0.3, -0.25) is 19.9 Å². The van der Waals surface area contributed by atoms with Gasteiger partial charge in [0.25, 0.3) is 11.8 Å². The summed E-state index contributed by atoms with van der Waals surface area (Å²) in [5.74, 6) is -0.404. The smallest absolute Gasteiger partial charge is 0.415 e. The Hall–Kier alpha value is -2.67. The Morgan fingerprint density at radius 2 is 1.81 bits per heavy atom. The van der Waals surface area contributed by atoms with Crippen molar-refractivity contribution in [3.63, 3.8) is 0 Å². The first-order valence-electron chi connectivity index (χ1n) is 6.32. The van der Waals surface area contributed by atoms with Crippen LogP contribution in [0.2, 0.25) is 0 Å². The topological polar surface area (TPSA) is 87.7 Å². The molecular weight excluding hydrogens is 274 g/mol. The van der Waals surface area contributed by atoms with Gasteiger partial charge in [0.1, 0.15) is 0 Å². The molecule has 0 aromatic heterocycles. The Labute approximate surface area is 121 Å². The monoisotopic (exact) mass is 289 g/mol. The van der Waals surface area contributed by atoms with Gasteiger partial charge in [-0.15, -0.1) is 0 Å². The second kappa shape index (κ2) is 6.19. The zero-order valence-electron chi connectivity index (χ0n) is 11.5. The fourth-order valence-electron chi connectivity index (χ4n) is 1.93. The van der Waals surface area contributed by atoms with E-state index in [1.807, 2.05) is 0 Å². The van der Waals surface area contributed by atoms with E-state index in [-0.39, 0.29) is 30.7 Å². The summed E-state index contributed by atoms with van der Waals surface area (Å²) in [5.41, 5.74) is 5.64. The molecule has 1 heterocycles. The molecule has 0 unspecified atom stereocenters. The van der Waals surface area contributed by atoms with E-state index in [0.29, 0.717) is 11.1 Å². The number of ether oxygens (including phenoxy) is 1. The van der Waals surface area contributed by atoms with E-state index in [1.54, 1.807) is 31.2 Å². The highest BCUT2D eigenvalue weighted by molar-refractivity contribution is 6.21. The molecule has 0 bridgehead atoms. The van der Waals surface area contributed by atoms with E-state index in [4.69, 9.17) is 0 Å². The maximum absolute atomic E-state index is 12.0. The van der Waals surface area contributed by atoms with E-state index in [9.17, 15) is 14.4 Å². The van der Waals surface area contributed by atoms with Gasteiger partial charge in [-0.25, -0.2) is 10.2 Å². The van der Waals surface area contributed by atoms with Crippen molar-refractivity contribution in [2.45, 2.75) is 6.92 Å². The lowest BCUT2D eigenvalue weighted by Gasteiger charge is -2.14. The van der Waals surface area contributed by atoms with E-state index in [2.05, 4.69) is 22.2 Å². The van der Waals surface area contributed by atoms with Crippen molar-refractivity contribution in [3.05, 3.63) is 47.7 Å². The molecule has 7 heteroatoms. The van der Waals surface area contributed by atoms with Crippen LogP contribution < -0.4 is 10.9 Å². The molecule has 110 valence electrons. The van der Waals surface area contributed by atoms with Crippen LogP contribution in [-0.4, -0.2) is 35.9 Å². The predicted molar refractivity (Wildman–Crippen MR) is 74.2 cm³/mol. The first-order valence-corrected chi connectivity index (χ1v) is 6.32. The molecule has 0 aliphatic carbocycles. The summed E-state index contributed by atoms with van der Waals surface area (Å²) in [5, 5.41) is 0. The molecule has 2 N–H and O–H groups in total. The van der Waals surface area contributed by atoms with E-state index in [0.717, 1.165) is 4.90 Å². The van der Waals surface area contributed by atoms with Crippen molar-refractivity contribution in [2.75, 3.05) is 13.1 Å². The fourth-order valence-corrected chi connectivity index (χ4v) is 1.93. The molecular formula is C14H15N3O4. The van der Waals surface area contributed by atoms with Gasteiger partial charge in [0.05, 0.1) is 16.9 Å². The number of carbonyl (C=O) groups is 3. The Kier molecular flexibility index (Phi) is 4.34. The maximum Gasteiger partial charge on any atom is 0.426 e. The molecule has 0 saturated heterocycles. The molecule has 0 spiro atoms. The quantitative estimate of drug-likeness (QED) is 0.366. The highest BCUT2D eigenvalue weighted by atomic mass is 16.6. The zero-order valence-corrected chi connectivity index (χ0v) is 11.5. The molecule has 0 atom stereocenters. The maximum atomic E-state index is 12.0. The summed E-state index contributed by atoms with van der Waals surface area (Å²) in [6.07, 6.45) is -0.704. The SMILES string of the molecule is C=C(C)OC(=O)NNCCN1C(=O)c2ccccc2C1=O. The third-order valence-electron chi connectivity index (χ3n) is 2.80. The molecule has 0 radical (unpaired) electrons. The van der Waals surface area contributed by atoms with Gasteiger partial charge in [0, 0.05) is 13.1 Å². The van der Waals surface area contributed by atoms with Crippen LogP contribution in [0.1, 0.15) is 27.6 Å². The number of imide groups is 1. The number of nitrogens with one attached hydrogen (secondary N) is 2. The van der Waals surface area contributed by atoms with Crippen LogP contribution in [0, 0.1) is 0 Å². The molecule has 1 aromatic carbocycles. The molecule has 21 heavy (non-hydrogen) atoms. The lowest BCUT2D eigenvalue weighted by atomic mass is 10.1. The number of allylic oxidation sites excluding steroid dienone is 1. The molecule has 3 amide bonds. The number of benzene rings is 1. The molecule has 1 aromatic rings. The first kappa shape index (κ1) is 14.7. The Morgan fingerprint density at radius 1 is 1.24 bits per heavy atom. The predicted octanol–water partition coefficient (Wildman–Crippen LogP) is 1.05. The van der Waals surface area contributed by atoms with Gasteiger partial charge >= 0.3 is 6.09 Å². The van der Waals surface area contributed by atoms with Crippen LogP contribution >= 0.6 is 0 Å². The summed E-state index contributed by atoms with van der Waals surface area (Å²) >= 11 is 0.